The van der Waals surface area contributed by atoms with Gasteiger partial charge in [-0.05, 0) is 54.8 Å². The molecular formula is C26H24FN3O4S. The Morgan fingerprint density at radius 1 is 1.09 bits per heavy atom. The van der Waals surface area contributed by atoms with Gasteiger partial charge in [0.25, 0.3) is 5.56 Å². The van der Waals surface area contributed by atoms with E-state index in [4.69, 9.17) is 4.74 Å². The minimum atomic E-state index is -3.71. The predicted octanol–water partition coefficient (Wildman–Crippen LogP) is 4.71. The number of halogens is 1. The van der Waals surface area contributed by atoms with E-state index in [2.05, 4.69) is 16.4 Å². The van der Waals surface area contributed by atoms with Gasteiger partial charge in [-0.1, -0.05) is 36.9 Å². The van der Waals surface area contributed by atoms with Gasteiger partial charge >= 0.3 is 0 Å². The van der Waals surface area contributed by atoms with Crippen molar-refractivity contribution in [3.63, 3.8) is 0 Å². The summed E-state index contributed by atoms with van der Waals surface area (Å²) in [6, 6.07) is 15.0. The van der Waals surface area contributed by atoms with Crippen LogP contribution in [0.25, 0.3) is 22.0 Å². The molecule has 0 radical (unpaired) electrons. The van der Waals surface area contributed by atoms with Gasteiger partial charge in [-0.2, -0.15) is 5.10 Å². The van der Waals surface area contributed by atoms with Crippen LogP contribution in [0.1, 0.15) is 16.7 Å². The second kappa shape index (κ2) is 9.44. The molecule has 0 amide bonds. The highest BCUT2D eigenvalue weighted by Crippen LogP contribution is 2.39. The molecule has 4 aromatic rings. The Balaban J connectivity index is 1.99. The van der Waals surface area contributed by atoms with Crippen LogP contribution < -0.4 is 15.0 Å². The Bertz CT molecular complexity index is 1600. The van der Waals surface area contributed by atoms with Crippen molar-refractivity contribution in [2.45, 2.75) is 20.4 Å². The van der Waals surface area contributed by atoms with Crippen molar-refractivity contribution in [1.29, 1.82) is 0 Å². The number of hydrogen-bond acceptors (Lipinski definition) is 5. The average Bonchev–Trinajstić information content (AvgIpc) is 2.82. The maximum absolute atomic E-state index is 13.9. The number of aryl methyl sites for hydroxylation is 3. The molecule has 0 fully saturated rings. The molecule has 9 heteroatoms. The normalized spacial score (nSPS) is 11.5. The van der Waals surface area contributed by atoms with Gasteiger partial charge in [0.05, 0.1) is 5.39 Å². The van der Waals surface area contributed by atoms with Gasteiger partial charge in [0.1, 0.15) is 23.0 Å². The Morgan fingerprint density at radius 3 is 2.40 bits per heavy atom. The number of nitrogens with zero attached hydrogens (tertiary/aromatic N) is 2. The van der Waals surface area contributed by atoms with Crippen LogP contribution in [-0.2, 0) is 23.6 Å². The Kier molecular flexibility index (Phi) is 6.56. The van der Waals surface area contributed by atoms with Crippen LogP contribution in [0.3, 0.4) is 0 Å². The molecule has 0 atom stereocenters. The second-order valence-electron chi connectivity index (χ2n) is 8.12. The Morgan fingerprint density at radius 2 is 1.74 bits per heavy atom. The molecule has 180 valence electrons. The standard InChI is InChI=1S/C26H24FN3O4S/c1-5-35(32,33)28-15-18-9-8-12-22(34-25-16(2)13-19(27)14-17(25)3)23(18)24-20-10-6-7-11-21(20)26(31)30(4)29-24/h5-14,28H,1,15H2,2-4H3. The van der Waals surface area contributed by atoms with E-state index in [1.807, 2.05) is 0 Å². The third kappa shape index (κ3) is 4.87. The van der Waals surface area contributed by atoms with Crippen molar-refractivity contribution in [3.8, 4) is 22.8 Å². The van der Waals surface area contributed by atoms with E-state index in [1.54, 1.807) is 63.4 Å². The SMILES string of the molecule is C=CS(=O)(=O)NCc1cccc(Oc2c(C)cc(F)cc2C)c1-c1nn(C)c(=O)c2ccccc12. The van der Waals surface area contributed by atoms with Gasteiger partial charge in [-0.25, -0.2) is 22.2 Å². The molecule has 3 aromatic carbocycles. The summed E-state index contributed by atoms with van der Waals surface area (Å²) in [6.07, 6.45) is 0. The van der Waals surface area contributed by atoms with Crippen molar-refractivity contribution in [2.75, 3.05) is 0 Å². The van der Waals surface area contributed by atoms with Crippen LogP contribution in [0.4, 0.5) is 4.39 Å². The number of hydrogen-bond donors (Lipinski definition) is 1. The number of ether oxygens (including phenoxy) is 1. The molecule has 1 heterocycles. The van der Waals surface area contributed by atoms with Gasteiger partial charge in [-0.3, -0.25) is 4.79 Å². The number of nitrogens with one attached hydrogen (secondary N) is 1. The minimum absolute atomic E-state index is 0.0683. The fourth-order valence-electron chi connectivity index (χ4n) is 3.97. The van der Waals surface area contributed by atoms with E-state index in [0.29, 0.717) is 50.2 Å². The Hall–Kier alpha value is -3.82. The maximum Gasteiger partial charge on any atom is 0.274 e. The van der Waals surface area contributed by atoms with Crippen molar-refractivity contribution < 1.29 is 17.5 Å². The first-order chi connectivity index (χ1) is 16.6. The highest BCUT2D eigenvalue weighted by molar-refractivity contribution is 7.92. The molecule has 0 saturated carbocycles. The molecule has 1 aromatic heterocycles. The zero-order valence-corrected chi connectivity index (χ0v) is 20.3. The van der Waals surface area contributed by atoms with Crippen LogP contribution in [0.2, 0.25) is 0 Å². The summed E-state index contributed by atoms with van der Waals surface area (Å²) in [6.45, 7) is 6.75. The van der Waals surface area contributed by atoms with E-state index in [0.717, 1.165) is 5.41 Å². The van der Waals surface area contributed by atoms with Gasteiger partial charge in [0, 0.05) is 30.0 Å². The zero-order valence-electron chi connectivity index (χ0n) is 19.5. The molecule has 0 saturated heterocycles. The van der Waals surface area contributed by atoms with Crippen molar-refractivity contribution in [2.24, 2.45) is 7.05 Å². The molecule has 7 nitrogen and oxygen atoms in total. The van der Waals surface area contributed by atoms with Crippen LogP contribution in [0, 0.1) is 19.7 Å². The summed E-state index contributed by atoms with van der Waals surface area (Å²) >= 11 is 0. The monoisotopic (exact) mass is 493 g/mol. The molecule has 0 aliphatic rings. The number of benzene rings is 3. The lowest BCUT2D eigenvalue weighted by Crippen LogP contribution is -2.22. The third-order valence-corrected chi connectivity index (χ3v) is 6.61. The lowest BCUT2D eigenvalue weighted by molar-refractivity contribution is 0.473. The van der Waals surface area contributed by atoms with E-state index < -0.39 is 10.0 Å². The average molecular weight is 494 g/mol. The molecule has 35 heavy (non-hydrogen) atoms. The van der Waals surface area contributed by atoms with Crippen LogP contribution in [0.15, 0.2) is 71.4 Å². The van der Waals surface area contributed by atoms with Gasteiger partial charge in [-0.15, -0.1) is 0 Å². The predicted molar refractivity (Wildman–Crippen MR) is 134 cm³/mol. The number of fused-ring (bicyclic) bond motifs is 1. The molecule has 0 aliphatic carbocycles. The fourth-order valence-corrected chi connectivity index (χ4v) is 4.44. The topological polar surface area (TPSA) is 90.3 Å². The second-order valence-corrected chi connectivity index (χ2v) is 9.83. The molecule has 0 aliphatic heterocycles. The zero-order chi connectivity index (χ0) is 25.3. The summed E-state index contributed by atoms with van der Waals surface area (Å²) in [5, 5.41) is 6.41. The fraction of sp³-hybridized carbons (Fsp3) is 0.154. The summed E-state index contributed by atoms with van der Waals surface area (Å²) in [7, 11) is -2.16. The molecule has 1 N–H and O–H groups in total. The molecule has 0 unspecified atom stereocenters. The summed E-state index contributed by atoms with van der Waals surface area (Å²) in [5.41, 5.74) is 2.47. The van der Waals surface area contributed by atoms with Crippen molar-refractivity contribution in [1.82, 2.24) is 14.5 Å². The number of sulfonamides is 1. The smallest absolute Gasteiger partial charge is 0.274 e. The van der Waals surface area contributed by atoms with Crippen molar-refractivity contribution >= 4 is 20.8 Å². The Labute approximate surface area is 202 Å². The van der Waals surface area contributed by atoms with E-state index >= 15 is 0 Å². The van der Waals surface area contributed by atoms with Gasteiger partial charge in [0.15, 0.2) is 0 Å². The van der Waals surface area contributed by atoms with E-state index in [-0.39, 0.29) is 17.9 Å². The summed E-state index contributed by atoms with van der Waals surface area (Å²) in [4.78, 5) is 12.7. The molecule has 0 bridgehead atoms. The first-order valence-corrected chi connectivity index (χ1v) is 12.3. The quantitative estimate of drug-likeness (QED) is 0.403. The summed E-state index contributed by atoms with van der Waals surface area (Å²) in [5.74, 6) is 0.492. The van der Waals surface area contributed by atoms with Gasteiger partial charge in [0.2, 0.25) is 10.0 Å². The van der Waals surface area contributed by atoms with Gasteiger partial charge < -0.3 is 4.74 Å². The van der Waals surface area contributed by atoms with Crippen LogP contribution >= 0.6 is 0 Å². The number of rotatable bonds is 7. The lowest BCUT2D eigenvalue weighted by Gasteiger charge is -2.19. The molecular weight excluding hydrogens is 469 g/mol. The third-order valence-electron chi connectivity index (χ3n) is 5.63. The first kappa shape index (κ1) is 24.3. The summed E-state index contributed by atoms with van der Waals surface area (Å²) < 4.78 is 48.1. The lowest BCUT2D eigenvalue weighted by atomic mass is 9.98. The van der Waals surface area contributed by atoms with Crippen LogP contribution in [-0.4, -0.2) is 18.2 Å². The minimum Gasteiger partial charge on any atom is -0.456 e. The maximum atomic E-state index is 13.9. The highest BCUT2D eigenvalue weighted by Gasteiger charge is 2.21. The number of aromatic nitrogens is 2. The highest BCUT2D eigenvalue weighted by atomic mass is 32.2. The van der Waals surface area contributed by atoms with E-state index in [9.17, 15) is 17.6 Å². The van der Waals surface area contributed by atoms with Crippen LogP contribution in [0.5, 0.6) is 11.5 Å². The molecule has 4 rings (SSSR count). The van der Waals surface area contributed by atoms with Crippen molar-refractivity contribution in [3.05, 3.63) is 99.4 Å². The largest absolute Gasteiger partial charge is 0.456 e. The van der Waals surface area contributed by atoms with E-state index in [1.165, 1.54) is 16.8 Å². The molecule has 0 spiro atoms. The first-order valence-electron chi connectivity index (χ1n) is 10.8.